The summed E-state index contributed by atoms with van der Waals surface area (Å²) in [5.74, 6) is -1.11. The highest BCUT2D eigenvalue weighted by Crippen LogP contribution is 2.25. The molecule has 0 aliphatic heterocycles. The first-order chi connectivity index (χ1) is 9.26. The monoisotopic (exact) mass is 300 g/mol. The lowest BCUT2D eigenvalue weighted by atomic mass is 10.2. The van der Waals surface area contributed by atoms with Crippen LogP contribution < -0.4 is 0 Å². The molecule has 112 valence electrons. The first-order valence-corrected chi connectivity index (χ1v) is 7.26. The maximum absolute atomic E-state index is 12.2. The zero-order valence-electron chi connectivity index (χ0n) is 12.1. The molecule has 1 heterocycles. The Morgan fingerprint density at radius 3 is 2.55 bits per heavy atom. The number of thiazole rings is 1. The van der Waals surface area contributed by atoms with Crippen molar-refractivity contribution < 1.29 is 19.4 Å². The van der Waals surface area contributed by atoms with Crippen LogP contribution in [0.3, 0.4) is 0 Å². The van der Waals surface area contributed by atoms with Crippen molar-refractivity contribution in [2.45, 2.75) is 45.8 Å². The third-order valence-corrected chi connectivity index (χ3v) is 3.15. The number of carboxylic acids is 1. The van der Waals surface area contributed by atoms with E-state index in [0.717, 1.165) is 0 Å². The van der Waals surface area contributed by atoms with Crippen molar-refractivity contribution in [1.29, 1.82) is 0 Å². The molecule has 0 aliphatic rings. The number of nitrogens with zero attached hydrogens (tertiary/aromatic N) is 2. The van der Waals surface area contributed by atoms with E-state index in [1.165, 1.54) is 22.4 Å². The van der Waals surface area contributed by atoms with E-state index >= 15 is 0 Å². The molecule has 0 fully saturated rings. The van der Waals surface area contributed by atoms with Crippen LogP contribution in [-0.2, 0) is 9.53 Å². The number of carbonyl (C=O) groups is 2. The van der Waals surface area contributed by atoms with Gasteiger partial charge in [0.2, 0.25) is 0 Å². The number of amides is 1. The molecule has 0 saturated heterocycles. The molecule has 1 atom stereocenters. The van der Waals surface area contributed by atoms with Gasteiger partial charge in [0.05, 0.1) is 0 Å². The van der Waals surface area contributed by atoms with Crippen LogP contribution in [0.1, 0.15) is 45.2 Å². The summed E-state index contributed by atoms with van der Waals surface area (Å²) in [6.07, 6.45) is 1.52. The Morgan fingerprint density at radius 1 is 1.50 bits per heavy atom. The van der Waals surface area contributed by atoms with Crippen molar-refractivity contribution in [2.24, 2.45) is 0 Å². The minimum atomic E-state index is -1.11. The van der Waals surface area contributed by atoms with E-state index < -0.39 is 23.7 Å². The van der Waals surface area contributed by atoms with E-state index in [4.69, 9.17) is 4.74 Å². The normalized spacial score (nSPS) is 12.8. The van der Waals surface area contributed by atoms with Gasteiger partial charge in [0.1, 0.15) is 10.6 Å². The molecule has 20 heavy (non-hydrogen) atoms. The van der Waals surface area contributed by atoms with Crippen molar-refractivity contribution in [3.63, 3.8) is 0 Å². The van der Waals surface area contributed by atoms with Gasteiger partial charge in [0.25, 0.3) is 0 Å². The lowest BCUT2D eigenvalue weighted by Gasteiger charge is -2.30. The minimum Gasteiger partial charge on any atom is -0.479 e. The minimum absolute atomic E-state index is 0.297. The second-order valence-corrected chi connectivity index (χ2v) is 6.21. The van der Waals surface area contributed by atoms with E-state index in [-0.39, 0.29) is 0 Å². The molecule has 7 heteroatoms. The van der Waals surface area contributed by atoms with E-state index in [2.05, 4.69) is 4.98 Å². The van der Waals surface area contributed by atoms with Crippen LogP contribution in [-0.4, -0.2) is 39.2 Å². The number of hydrogen-bond donors (Lipinski definition) is 1. The molecule has 0 spiro atoms. The highest BCUT2D eigenvalue weighted by molar-refractivity contribution is 7.09. The van der Waals surface area contributed by atoms with Crippen LogP contribution >= 0.6 is 11.3 Å². The second-order valence-electron chi connectivity index (χ2n) is 5.28. The van der Waals surface area contributed by atoms with E-state index in [1.807, 2.05) is 6.92 Å². The molecule has 6 nitrogen and oxygen atoms in total. The molecule has 0 saturated carbocycles. The highest BCUT2D eigenvalue weighted by atomic mass is 32.1. The van der Waals surface area contributed by atoms with Gasteiger partial charge >= 0.3 is 12.1 Å². The van der Waals surface area contributed by atoms with E-state index in [0.29, 0.717) is 18.0 Å². The third-order valence-electron chi connectivity index (χ3n) is 2.32. The van der Waals surface area contributed by atoms with Crippen LogP contribution in [0.25, 0.3) is 0 Å². The summed E-state index contributed by atoms with van der Waals surface area (Å²) in [5, 5.41) is 11.5. The highest BCUT2D eigenvalue weighted by Gasteiger charge is 2.35. The van der Waals surface area contributed by atoms with Gasteiger partial charge in [-0.25, -0.2) is 14.6 Å². The number of carboxylic acid groups (broad SMARTS) is 1. The maximum atomic E-state index is 12.2. The number of aliphatic carboxylic acids is 1. The summed E-state index contributed by atoms with van der Waals surface area (Å²) < 4.78 is 5.28. The van der Waals surface area contributed by atoms with E-state index in [9.17, 15) is 14.7 Å². The smallest absolute Gasteiger partial charge is 0.411 e. The van der Waals surface area contributed by atoms with Gasteiger partial charge in [-0.1, -0.05) is 6.92 Å². The Hall–Kier alpha value is -1.63. The lowest BCUT2D eigenvalue weighted by molar-refractivity contribution is -0.143. The summed E-state index contributed by atoms with van der Waals surface area (Å²) in [6.45, 7) is 7.40. The average molecular weight is 300 g/mol. The van der Waals surface area contributed by atoms with Crippen LogP contribution in [0.5, 0.6) is 0 Å². The number of carbonyl (C=O) groups excluding carboxylic acids is 1. The Kier molecular flexibility index (Phi) is 5.50. The predicted molar refractivity (Wildman–Crippen MR) is 75.7 cm³/mol. The number of ether oxygens (including phenoxy) is 1. The molecule has 1 aromatic heterocycles. The molecule has 0 aromatic carbocycles. The molecule has 1 unspecified atom stereocenters. The van der Waals surface area contributed by atoms with Gasteiger partial charge < -0.3 is 9.84 Å². The molecule has 0 bridgehead atoms. The van der Waals surface area contributed by atoms with E-state index in [1.54, 1.807) is 26.2 Å². The molecular weight excluding hydrogens is 280 g/mol. The van der Waals surface area contributed by atoms with Crippen molar-refractivity contribution in [1.82, 2.24) is 9.88 Å². The van der Waals surface area contributed by atoms with Gasteiger partial charge in [-0.2, -0.15) is 0 Å². The van der Waals surface area contributed by atoms with Gasteiger partial charge in [0.15, 0.2) is 6.04 Å². The first-order valence-electron chi connectivity index (χ1n) is 6.38. The second kappa shape index (κ2) is 6.69. The van der Waals surface area contributed by atoms with Crippen LogP contribution in [0.15, 0.2) is 11.6 Å². The van der Waals surface area contributed by atoms with Gasteiger partial charge in [-0.05, 0) is 27.2 Å². The van der Waals surface area contributed by atoms with Gasteiger partial charge in [-0.3, -0.25) is 4.90 Å². The van der Waals surface area contributed by atoms with Crippen molar-refractivity contribution in [3.05, 3.63) is 16.6 Å². The van der Waals surface area contributed by atoms with Crippen molar-refractivity contribution in [2.75, 3.05) is 6.54 Å². The quantitative estimate of drug-likeness (QED) is 0.904. The SMILES string of the molecule is CCCN(C(=O)OC(C)(C)C)C(C(=O)O)c1nccs1. The topological polar surface area (TPSA) is 79.7 Å². The number of hydrogen-bond acceptors (Lipinski definition) is 5. The van der Waals surface area contributed by atoms with Crippen LogP contribution in [0, 0.1) is 0 Å². The van der Waals surface area contributed by atoms with Crippen LogP contribution in [0.2, 0.25) is 0 Å². The molecule has 1 N–H and O–H groups in total. The Morgan fingerprint density at radius 2 is 2.15 bits per heavy atom. The maximum Gasteiger partial charge on any atom is 0.411 e. The van der Waals surface area contributed by atoms with Crippen molar-refractivity contribution in [3.8, 4) is 0 Å². The standard InChI is InChI=1S/C13H20N2O4S/c1-5-7-15(12(18)19-13(2,3)4)9(11(16)17)10-14-6-8-20-10/h6,8-9H,5,7H2,1-4H3,(H,16,17). The fourth-order valence-corrected chi connectivity index (χ4v) is 2.37. The fourth-order valence-electron chi connectivity index (χ4n) is 1.63. The number of rotatable bonds is 5. The van der Waals surface area contributed by atoms with Gasteiger partial charge in [-0.15, -0.1) is 11.3 Å². The summed E-state index contributed by atoms with van der Waals surface area (Å²) in [4.78, 5) is 28.9. The van der Waals surface area contributed by atoms with Gasteiger partial charge in [0, 0.05) is 18.1 Å². The summed E-state index contributed by atoms with van der Waals surface area (Å²) >= 11 is 1.21. The Bertz CT molecular complexity index is 453. The molecule has 1 amide bonds. The summed E-state index contributed by atoms with van der Waals surface area (Å²) in [7, 11) is 0. The molecule has 1 rings (SSSR count). The molecule has 0 radical (unpaired) electrons. The molecule has 0 aliphatic carbocycles. The van der Waals surface area contributed by atoms with Crippen molar-refractivity contribution >= 4 is 23.4 Å². The Balaban J connectivity index is 3.03. The number of aromatic nitrogens is 1. The molecular formula is C13H20N2O4S. The van der Waals surface area contributed by atoms with Crippen LogP contribution in [0.4, 0.5) is 4.79 Å². The largest absolute Gasteiger partial charge is 0.479 e. The third kappa shape index (κ3) is 4.48. The first kappa shape index (κ1) is 16.4. The molecule has 1 aromatic rings. The zero-order chi connectivity index (χ0) is 15.3. The zero-order valence-corrected chi connectivity index (χ0v) is 12.9. The fraction of sp³-hybridized carbons (Fsp3) is 0.615. The summed E-state index contributed by atoms with van der Waals surface area (Å²) in [6, 6.07) is -1.11. The predicted octanol–water partition coefficient (Wildman–Crippen LogP) is 2.92. The summed E-state index contributed by atoms with van der Waals surface area (Å²) in [5.41, 5.74) is -0.672. The lowest BCUT2D eigenvalue weighted by Crippen LogP contribution is -2.42. The Labute approximate surface area is 122 Å². The average Bonchev–Trinajstić information content (AvgIpc) is 2.79.